The monoisotopic (exact) mass is 881 g/mol. The fourth-order valence-electron chi connectivity index (χ4n) is 10.1. The van der Waals surface area contributed by atoms with Crippen molar-refractivity contribution in [3.63, 3.8) is 0 Å². The Morgan fingerprint density at radius 2 is 1.87 bits per heavy atom. The normalized spacial score (nSPS) is 25.2. The Hall–Kier alpha value is -4.21. The van der Waals surface area contributed by atoms with Crippen molar-refractivity contribution in [3.05, 3.63) is 57.7 Å². The average molecular weight is 881 g/mol. The zero-order chi connectivity index (χ0) is 44.7. The van der Waals surface area contributed by atoms with Gasteiger partial charge in [0.15, 0.2) is 0 Å². The van der Waals surface area contributed by atoms with Crippen LogP contribution in [0.25, 0.3) is 33.4 Å². The molecule has 1 aliphatic carbocycles. The lowest BCUT2D eigenvalue weighted by Crippen LogP contribution is -2.60. The first-order valence-electron chi connectivity index (χ1n) is 23.2. The van der Waals surface area contributed by atoms with Gasteiger partial charge in [0.25, 0.3) is 5.91 Å². The summed E-state index contributed by atoms with van der Waals surface area (Å²) in [7, 11) is 6.02. The lowest BCUT2D eigenvalue weighted by Gasteiger charge is -2.35. The zero-order valence-electron chi connectivity index (χ0n) is 38.8. The van der Waals surface area contributed by atoms with Crippen LogP contribution < -0.4 is 10.7 Å². The van der Waals surface area contributed by atoms with Gasteiger partial charge < -0.3 is 29.2 Å². The van der Waals surface area contributed by atoms with Crippen LogP contribution in [0, 0.1) is 23.2 Å². The molecule has 8 rings (SSSR count). The molecule has 63 heavy (non-hydrogen) atoms. The summed E-state index contributed by atoms with van der Waals surface area (Å²) in [6, 6.07) is 7.47. The highest BCUT2D eigenvalue weighted by molar-refractivity contribution is 7.10. The fraction of sp³-hybridized carbons (Fsp3) is 0.612. The number of aryl methyl sites for hydroxylation is 1. The number of amides is 2. The van der Waals surface area contributed by atoms with Gasteiger partial charge in [0.1, 0.15) is 12.1 Å². The van der Waals surface area contributed by atoms with Gasteiger partial charge in [-0.25, -0.2) is 10.4 Å². The Bertz CT molecular complexity index is 2300. The molecule has 6 bridgehead atoms. The van der Waals surface area contributed by atoms with E-state index < -0.39 is 17.5 Å². The molecule has 0 radical (unpaired) electrons. The standard InChI is InChI=1S/C49H68N8O5S/c1-10-56-41-14-13-33-22-35(41)37(45(56)36-23-34(26-50-44(36)31(4)61-9)32-15-18-55(19-16-32)21-20-54(7)8)25-49(5,6)28-62-48(60)38-12-11-17-57(53-38)47(59)39(24-42-51-40(33)27-63-42)52-46(58)43-29(2)30(43)3/h13-14,22-23,26-27,29-32,38-39,43,53H,10-12,15-21,24-25,28H2,1-9H3,(H,52,58)/t29-,30+,31-,38-,39-,43?/m0/s1. The number of likely N-dealkylation sites (tertiary alicyclic amines) is 1. The van der Waals surface area contributed by atoms with Crippen molar-refractivity contribution in [1.29, 1.82) is 0 Å². The second-order valence-corrected chi connectivity index (χ2v) is 20.6. The van der Waals surface area contributed by atoms with Crippen LogP contribution in [0.3, 0.4) is 0 Å². The minimum Gasteiger partial charge on any atom is -0.464 e. The maximum Gasteiger partial charge on any atom is 0.324 e. The van der Waals surface area contributed by atoms with E-state index in [9.17, 15) is 14.4 Å². The molecule has 4 aromatic rings. The van der Waals surface area contributed by atoms with E-state index in [-0.39, 0.29) is 54.7 Å². The first-order chi connectivity index (χ1) is 30.2. The zero-order valence-corrected chi connectivity index (χ0v) is 39.6. The summed E-state index contributed by atoms with van der Waals surface area (Å²) in [5, 5.41) is 8.54. The smallest absolute Gasteiger partial charge is 0.324 e. The number of esters is 1. The number of likely N-dealkylation sites (N-methyl/N-ethyl adjacent to an activating group) is 1. The molecule has 6 heterocycles. The van der Waals surface area contributed by atoms with Crippen molar-refractivity contribution >= 4 is 40.0 Å². The number of hydrogen-bond acceptors (Lipinski definition) is 11. The number of fused-ring (bicyclic) bond motifs is 6. The van der Waals surface area contributed by atoms with Gasteiger partial charge in [-0.15, -0.1) is 11.3 Å². The third-order valence-corrected chi connectivity index (χ3v) is 15.2. The molecule has 340 valence electrons. The topological polar surface area (TPSA) is 134 Å². The second-order valence-electron chi connectivity index (χ2n) is 19.7. The minimum atomic E-state index is -0.838. The summed E-state index contributed by atoms with van der Waals surface area (Å²) >= 11 is 1.50. The molecule has 2 amide bonds. The molecule has 6 atom stereocenters. The van der Waals surface area contributed by atoms with Crippen molar-refractivity contribution < 1.29 is 23.9 Å². The van der Waals surface area contributed by atoms with Crippen LogP contribution in [0.15, 0.2) is 35.8 Å². The van der Waals surface area contributed by atoms with Crippen molar-refractivity contribution in [2.75, 3.05) is 60.5 Å². The quantitative estimate of drug-likeness (QED) is 0.163. The number of piperidine rings is 1. The second kappa shape index (κ2) is 18.7. The summed E-state index contributed by atoms with van der Waals surface area (Å²) in [6.45, 7) is 18.3. The highest BCUT2D eigenvalue weighted by Crippen LogP contribution is 2.46. The number of nitrogens with one attached hydrogen (secondary N) is 2. The number of nitrogens with zero attached hydrogens (tertiary/aromatic N) is 6. The molecule has 1 unspecified atom stereocenters. The first-order valence-corrected chi connectivity index (χ1v) is 24.1. The van der Waals surface area contributed by atoms with Crippen LogP contribution in [0.1, 0.15) is 101 Å². The number of methoxy groups -OCH3 is 1. The summed E-state index contributed by atoms with van der Waals surface area (Å²) in [4.78, 5) is 56.8. The number of carbonyl (C=O) groups excluding carboxylic acids is 3. The van der Waals surface area contributed by atoms with Crippen LogP contribution >= 0.6 is 11.3 Å². The molecule has 3 fully saturated rings. The van der Waals surface area contributed by atoms with Gasteiger partial charge in [-0.1, -0.05) is 33.8 Å². The van der Waals surface area contributed by atoms with Gasteiger partial charge in [-0.3, -0.25) is 24.4 Å². The Kier molecular flexibility index (Phi) is 13.5. The van der Waals surface area contributed by atoms with E-state index >= 15 is 0 Å². The van der Waals surface area contributed by atoms with E-state index in [2.05, 4.69) is 117 Å². The van der Waals surface area contributed by atoms with Gasteiger partial charge in [0, 0.05) is 84.6 Å². The Balaban J connectivity index is 1.22. The summed E-state index contributed by atoms with van der Waals surface area (Å²) < 4.78 is 14.6. The number of aromatic nitrogens is 3. The van der Waals surface area contributed by atoms with Gasteiger partial charge in [0.2, 0.25) is 5.91 Å². The molecule has 13 nitrogen and oxygen atoms in total. The molecular weight excluding hydrogens is 813 g/mol. The maximum atomic E-state index is 14.2. The molecule has 3 aromatic heterocycles. The number of cyclic esters (lactones) is 1. The number of ether oxygens (including phenoxy) is 2. The first kappa shape index (κ1) is 45.4. The Labute approximate surface area is 377 Å². The van der Waals surface area contributed by atoms with Crippen LogP contribution in [-0.2, 0) is 43.2 Å². The molecule has 0 spiro atoms. The van der Waals surface area contributed by atoms with Crippen LogP contribution in [0.2, 0.25) is 0 Å². The molecule has 2 N–H and O–H groups in total. The minimum absolute atomic E-state index is 0.110. The lowest BCUT2D eigenvalue weighted by molar-refractivity contribution is -0.155. The molecule has 4 aliphatic rings. The summed E-state index contributed by atoms with van der Waals surface area (Å²) in [6.07, 6.45) is 6.06. The van der Waals surface area contributed by atoms with E-state index in [1.54, 1.807) is 7.11 Å². The van der Waals surface area contributed by atoms with Crippen LogP contribution in [-0.4, -0.2) is 120 Å². The van der Waals surface area contributed by atoms with Crippen molar-refractivity contribution in [2.45, 2.75) is 111 Å². The summed E-state index contributed by atoms with van der Waals surface area (Å²) in [5.74, 6) is 0.0494. The van der Waals surface area contributed by atoms with Gasteiger partial charge in [-0.05, 0) is 120 Å². The number of carbonyl (C=O) groups is 3. The molecule has 3 aliphatic heterocycles. The highest BCUT2D eigenvalue weighted by Gasteiger charge is 2.49. The number of rotatable bonds is 10. The molecule has 1 saturated carbocycles. The highest BCUT2D eigenvalue weighted by atomic mass is 32.1. The lowest BCUT2D eigenvalue weighted by atomic mass is 9.83. The summed E-state index contributed by atoms with van der Waals surface area (Å²) in [5.41, 5.74) is 11.2. The Morgan fingerprint density at radius 3 is 2.57 bits per heavy atom. The number of hydrogen-bond donors (Lipinski definition) is 2. The van der Waals surface area contributed by atoms with E-state index in [4.69, 9.17) is 19.4 Å². The molecular formula is C49H68N8O5S. The SMILES string of the molecule is CCn1c(-c2cc(C3CCN(CCN(C)C)CC3)cnc2[C@H](C)OC)c2c3cc(ccc31)-c1csc(n1)C[C@H](NC(=O)C1[C@@H](C)[C@H]1C)C(=O)N1CCC[C@H](N1)C(=O)OCC(C)(C)C2. The van der Waals surface area contributed by atoms with Gasteiger partial charge >= 0.3 is 5.97 Å². The van der Waals surface area contributed by atoms with E-state index in [1.807, 2.05) is 0 Å². The molecule has 14 heteroatoms. The number of hydrazine groups is 1. The van der Waals surface area contributed by atoms with Crippen molar-refractivity contribution in [1.82, 2.24) is 40.1 Å². The van der Waals surface area contributed by atoms with E-state index in [0.717, 1.165) is 89.7 Å². The third-order valence-electron chi connectivity index (χ3n) is 14.3. The molecule has 2 saturated heterocycles. The fourth-order valence-corrected chi connectivity index (χ4v) is 10.9. The van der Waals surface area contributed by atoms with Crippen LogP contribution in [0.5, 0.6) is 0 Å². The third kappa shape index (κ3) is 9.61. The van der Waals surface area contributed by atoms with Crippen molar-refractivity contribution in [3.8, 4) is 22.5 Å². The predicted molar refractivity (Wildman–Crippen MR) is 248 cm³/mol. The van der Waals surface area contributed by atoms with Gasteiger partial charge in [0.05, 0.1) is 34.8 Å². The largest absolute Gasteiger partial charge is 0.464 e. The van der Waals surface area contributed by atoms with Crippen LogP contribution in [0.4, 0.5) is 0 Å². The predicted octanol–water partition coefficient (Wildman–Crippen LogP) is 6.85. The average Bonchev–Trinajstić information content (AvgIpc) is 3.54. The number of pyridine rings is 1. The van der Waals surface area contributed by atoms with E-state index in [1.165, 1.54) is 27.5 Å². The Morgan fingerprint density at radius 1 is 1.11 bits per heavy atom. The van der Waals surface area contributed by atoms with Gasteiger partial charge in [-0.2, -0.15) is 0 Å². The number of benzene rings is 1. The number of thiazole rings is 1. The van der Waals surface area contributed by atoms with Crippen molar-refractivity contribution in [2.24, 2.45) is 23.2 Å². The maximum absolute atomic E-state index is 14.2. The molecule has 1 aromatic carbocycles. The van der Waals surface area contributed by atoms with E-state index in [0.29, 0.717) is 31.7 Å².